The van der Waals surface area contributed by atoms with Gasteiger partial charge in [-0.3, -0.25) is 4.79 Å². The van der Waals surface area contributed by atoms with Crippen LogP contribution in [0.5, 0.6) is 6.01 Å². The summed E-state index contributed by atoms with van der Waals surface area (Å²) in [5, 5.41) is 0.630. The fourth-order valence-electron chi connectivity index (χ4n) is 2.95. The topological polar surface area (TPSA) is 70.4 Å². The van der Waals surface area contributed by atoms with E-state index >= 15 is 0 Å². The van der Waals surface area contributed by atoms with E-state index in [0.717, 1.165) is 23.5 Å². The van der Waals surface area contributed by atoms with Crippen molar-refractivity contribution in [3.05, 3.63) is 51.1 Å². The van der Waals surface area contributed by atoms with E-state index in [2.05, 4.69) is 4.98 Å². The van der Waals surface area contributed by atoms with Crippen LogP contribution in [0.3, 0.4) is 0 Å². The Labute approximate surface area is 157 Å². The van der Waals surface area contributed by atoms with Gasteiger partial charge in [-0.15, -0.1) is 11.3 Å². The third-order valence-corrected chi connectivity index (χ3v) is 6.35. The summed E-state index contributed by atoms with van der Waals surface area (Å²) in [5.74, 6) is 1.87. The first-order chi connectivity index (χ1) is 12.7. The van der Waals surface area contributed by atoms with E-state index in [-0.39, 0.29) is 18.2 Å². The number of carbonyl (C=O) groups excluding carboxylic acids is 1. The highest BCUT2D eigenvalue weighted by Gasteiger charge is 2.24. The third kappa shape index (κ3) is 2.99. The summed E-state index contributed by atoms with van der Waals surface area (Å²) in [6.45, 7) is 1.87. The van der Waals surface area contributed by atoms with Gasteiger partial charge in [-0.2, -0.15) is 16.7 Å². The predicted molar refractivity (Wildman–Crippen MR) is 103 cm³/mol. The van der Waals surface area contributed by atoms with Gasteiger partial charge in [0.25, 0.3) is 5.56 Å². The molecule has 26 heavy (non-hydrogen) atoms. The maximum Gasteiger partial charge on any atom is 0.516 e. The molecule has 0 spiro atoms. The van der Waals surface area contributed by atoms with Crippen molar-refractivity contribution in [2.75, 3.05) is 12.4 Å². The van der Waals surface area contributed by atoms with Gasteiger partial charge in [0.15, 0.2) is 0 Å². The van der Waals surface area contributed by atoms with Gasteiger partial charge in [0.2, 0.25) is 0 Å². The lowest BCUT2D eigenvalue weighted by atomic mass is 10.1. The molecule has 1 aliphatic heterocycles. The molecule has 0 aliphatic carbocycles. The third-order valence-electron chi connectivity index (χ3n) is 4.06. The molecule has 0 radical (unpaired) electrons. The molecule has 1 aliphatic rings. The van der Waals surface area contributed by atoms with Crippen LogP contribution >= 0.6 is 23.1 Å². The van der Waals surface area contributed by atoms with E-state index in [1.165, 1.54) is 20.8 Å². The van der Waals surface area contributed by atoms with E-state index in [4.69, 9.17) is 9.47 Å². The highest BCUT2D eigenvalue weighted by atomic mass is 32.2. The molecule has 4 rings (SSSR count). The van der Waals surface area contributed by atoms with Crippen LogP contribution in [0.15, 0.2) is 35.1 Å². The van der Waals surface area contributed by atoms with Gasteiger partial charge >= 0.3 is 12.2 Å². The highest BCUT2D eigenvalue weighted by Crippen LogP contribution is 2.36. The number of nitrogens with zero attached hydrogens (tertiary/aromatic N) is 2. The maximum atomic E-state index is 13.3. The van der Waals surface area contributed by atoms with Gasteiger partial charge in [-0.25, -0.2) is 9.36 Å². The Morgan fingerprint density at radius 2 is 2.12 bits per heavy atom. The first-order valence-electron chi connectivity index (χ1n) is 8.24. The number of hydrogen-bond donors (Lipinski definition) is 0. The van der Waals surface area contributed by atoms with E-state index in [1.54, 1.807) is 19.1 Å². The molecule has 0 saturated heterocycles. The number of fused-ring (bicyclic) bond motifs is 3. The summed E-state index contributed by atoms with van der Waals surface area (Å²) in [4.78, 5) is 31.4. The number of carbonyl (C=O) groups is 1. The number of rotatable bonds is 3. The minimum absolute atomic E-state index is 0.0709. The van der Waals surface area contributed by atoms with E-state index in [1.807, 2.05) is 30.0 Å². The van der Waals surface area contributed by atoms with Crippen molar-refractivity contribution in [1.82, 2.24) is 9.55 Å². The fraction of sp³-hybridized carbons (Fsp3) is 0.278. The largest absolute Gasteiger partial charge is 0.516 e. The van der Waals surface area contributed by atoms with Crippen molar-refractivity contribution in [2.45, 2.75) is 19.1 Å². The van der Waals surface area contributed by atoms with Crippen LogP contribution in [0, 0.1) is 0 Å². The minimum Gasteiger partial charge on any atom is -0.434 e. The molecule has 3 heterocycles. The number of hydrogen-bond acceptors (Lipinski definition) is 7. The Kier molecular flexibility index (Phi) is 4.69. The molecule has 3 aromatic rings. The molecule has 0 fully saturated rings. The van der Waals surface area contributed by atoms with E-state index in [9.17, 15) is 9.59 Å². The number of para-hydroxylation sites is 1. The molecule has 0 amide bonds. The second kappa shape index (κ2) is 7.13. The van der Waals surface area contributed by atoms with Crippen molar-refractivity contribution >= 4 is 39.5 Å². The summed E-state index contributed by atoms with van der Waals surface area (Å²) < 4.78 is 11.4. The Balaban J connectivity index is 1.96. The fourth-order valence-corrected chi connectivity index (χ4v) is 5.28. The zero-order valence-electron chi connectivity index (χ0n) is 14.1. The Morgan fingerprint density at radius 1 is 1.31 bits per heavy atom. The average molecular weight is 388 g/mol. The summed E-state index contributed by atoms with van der Waals surface area (Å²) in [6, 6.07) is 8.98. The number of ether oxygens (including phenoxy) is 2. The first-order valence-corrected chi connectivity index (χ1v) is 10.2. The molecule has 0 atom stereocenters. The molecule has 0 bridgehead atoms. The zero-order chi connectivity index (χ0) is 18.1. The summed E-state index contributed by atoms with van der Waals surface area (Å²) in [5.41, 5.74) is 1.45. The van der Waals surface area contributed by atoms with Crippen LogP contribution in [0.1, 0.15) is 17.4 Å². The summed E-state index contributed by atoms with van der Waals surface area (Å²) in [6.07, 6.45) is -0.0237. The normalized spacial score (nSPS) is 13.4. The highest BCUT2D eigenvalue weighted by molar-refractivity contribution is 7.98. The molecular formula is C18H16N2O4S2. The lowest BCUT2D eigenvalue weighted by Crippen LogP contribution is -2.24. The van der Waals surface area contributed by atoms with Crippen LogP contribution in [-0.4, -0.2) is 28.1 Å². The van der Waals surface area contributed by atoms with Gasteiger partial charge < -0.3 is 9.47 Å². The molecule has 1 aromatic carbocycles. The van der Waals surface area contributed by atoms with Gasteiger partial charge in [0.1, 0.15) is 4.83 Å². The molecule has 2 aromatic heterocycles. The zero-order valence-corrected chi connectivity index (χ0v) is 15.7. The number of benzene rings is 1. The Hall–Kier alpha value is -2.32. The minimum atomic E-state index is -0.875. The van der Waals surface area contributed by atoms with Crippen LogP contribution in [0.2, 0.25) is 0 Å². The van der Waals surface area contributed by atoms with Gasteiger partial charge in [0, 0.05) is 10.6 Å². The predicted octanol–water partition coefficient (Wildman–Crippen LogP) is 3.77. The summed E-state index contributed by atoms with van der Waals surface area (Å²) >= 11 is 3.34. The quantitative estimate of drug-likeness (QED) is 0.636. The molecule has 0 N–H and O–H groups in total. The molecule has 0 saturated carbocycles. The Bertz CT molecular complexity index is 1030. The molecule has 134 valence electrons. The Morgan fingerprint density at radius 3 is 2.88 bits per heavy atom. The van der Waals surface area contributed by atoms with Crippen molar-refractivity contribution in [3.8, 4) is 11.7 Å². The SMILES string of the molecule is CCOC(=O)Oc1nc2sc3c(c2c(=O)n1-c1ccccc1)CCSC3. The lowest BCUT2D eigenvalue weighted by Gasteiger charge is -2.13. The second-order valence-corrected chi connectivity index (χ2v) is 7.83. The van der Waals surface area contributed by atoms with E-state index < -0.39 is 6.16 Å². The molecule has 8 heteroatoms. The van der Waals surface area contributed by atoms with E-state index in [0.29, 0.717) is 15.9 Å². The average Bonchev–Trinajstić information content (AvgIpc) is 3.01. The second-order valence-electron chi connectivity index (χ2n) is 5.64. The maximum absolute atomic E-state index is 13.3. The first kappa shape index (κ1) is 17.1. The number of thiophene rings is 1. The van der Waals surface area contributed by atoms with Crippen molar-refractivity contribution in [2.24, 2.45) is 0 Å². The standard InChI is InChI=1S/C18H16N2O4S2/c1-2-23-18(22)24-17-19-15-14(12-8-9-25-10-13(12)26-15)16(21)20(17)11-6-4-3-5-7-11/h3-7H,2,8-10H2,1H3. The smallest absolute Gasteiger partial charge is 0.434 e. The molecular weight excluding hydrogens is 372 g/mol. The van der Waals surface area contributed by atoms with Crippen LogP contribution in [0.4, 0.5) is 4.79 Å². The van der Waals surface area contributed by atoms with Crippen LogP contribution < -0.4 is 10.3 Å². The van der Waals surface area contributed by atoms with Crippen molar-refractivity contribution < 1.29 is 14.3 Å². The van der Waals surface area contributed by atoms with Crippen molar-refractivity contribution in [3.63, 3.8) is 0 Å². The van der Waals surface area contributed by atoms with Crippen LogP contribution in [0.25, 0.3) is 15.9 Å². The summed E-state index contributed by atoms with van der Waals surface area (Å²) in [7, 11) is 0. The lowest BCUT2D eigenvalue weighted by molar-refractivity contribution is 0.0998. The van der Waals surface area contributed by atoms with Gasteiger partial charge in [0.05, 0.1) is 17.7 Å². The number of aryl methyl sites for hydroxylation is 1. The monoisotopic (exact) mass is 388 g/mol. The van der Waals surface area contributed by atoms with Crippen LogP contribution in [-0.2, 0) is 16.9 Å². The molecule has 6 nitrogen and oxygen atoms in total. The van der Waals surface area contributed by atoms with Crippen molar-refractivity contribution in [1.29, 1.82) is 0 Å². The number of thioether (sulfide) groups is 1. The molecule has 0 unspecified atom stereocenters. The van der Waals surface area contributed by atoms with Gasteiger partial charge in [-0.1, -0.05) is 18.2 Å². The van der Waals surface area contributed by atoms with Gasteiger partial charge in [-0.05, 0) is 36.8 Å². The number of aromatic nitrogens is 2.